The molecule has 0 bridgehead atoms. The van der Waals surface area contributed by atoms with Crippen LogP contribution >= 0.6 is 35.3 Å². The van der Waals surface area contributed by atoms with E-state index >= 15 is 0 Å². The first kappa shape index (κ1) is 20.6. The largest absolute Gasteiger partial charge is 0.505 e. The Morgan fingerprint density at radius 1 is 1.38 bits per heavy atom. The number of halogens is 2. The van der Waals surface area contributed by atoms with Gasteiger partial charge in [0.15, 0.2) is 17.5 Å². The van der Waals surface area contributed by atoms with E-state index in [1.165, 1.54) is 17.0 Å². The SMILES string of the molecule is CCc1cnc(CCNC(=NC)NCc2ccc(O)c(F)c2)s1.I. The van der Waals surface area contributed by atoms with Gasteiger partial charge in [0, 0.05) is 37.6 Å². The molecule has 0 saturated heterocycles. The van der Waals surface area contributed by atoms with E-state index in [4.69, 9.17) is 0 Å². The van der Waals surface area contributed by atoms with Gasteiger partial charge in [-0.3, -0.25) is 4.99 Å². The number of aliphatic imine (C=N–C) groups is 1. The molecule has 1 aromatic carbocycles. The van der Waals surface area contributed by atoms with Crippen LogP contribution in [0.1, 0.15) is 22.4 Å². The quantitative estimate of drug-likeness (QED) is 0.349. The van der Waals surface area contributed by atoms with Crippen molar-refractivity contribution in [1.82, 2.24) is 15.6 Å². The van der Waals surface area contributed by atoms with Gasteiger partial charge in [0.2, 0.25) is 0 Å². The first-order valence-electron chi connectivity index (χ1n) is 7.48. The Balaban J connectivity index is 0.00000288. The number of nitrogens with one attached hydrogen (secondary N) is 2. The smallest absolute Gasteiger partial charge is 0.191 e. The van der Waals surface area contributed by atoms with Crippen molar-refractivity contribution >= 4 is 41.3 Å². The van der Waals surface area contributed by atoms with Crippen molar-refractivity contribution in [2.24, 2.45) is 4.99 Å². The molecule has 0 unspecified atom stereocenters. The number of aromatic nitrogens is 1. The number of thiazole rings is 1. The lowest BCUT2D eigenvalue weighted by Crippen LogP contribution is -2.37. The number of phenols is 1. The molecular weight excluding hydrogens is 442 g/mol. The van der Waals surface area contributed by atoms with Crippen molar-refractivity contribution in [3.63, 3.8) is 0 Å². The predicted octanol–water partition coefficient (Wildman–Crippen LogP) is 3.08. The average Bonchev–Trinajstić information content (AvgIpc) is 3.02. The van der Waals surface area contributed by atoms with Crippen molar-refractivity contribution in [2.45, 2.75) is 26.3 Å². The zero-order valence-corrected chi connectivity index (χ0v) is 16.8. The maximum atomic E-state index is 13.3. The average molecular weight is 464 g/mol. The van der Waals surface area contributed by atoms with E-state index in [0.717, 1.165) is 30.0 Å². The van der Waals surface area contributed by atoms with Crippen molar-refractivity contribution in [3.05, 3.63) is 45.7 Å². The van der Waals surface area contributed by atoms with E-state index in [2.05, 4.69) is 27.5 Å². The first-order chi connectivity index (χ1) is 11.1. The van der Waals surface area contributed by atoms with E-state index in [9.17, 15) is 9.50 Å². The maximum Gasteiger partial charge on any atom is 0.191 e. The van der Waals surface area contributed by atoms with Gasteiger partial charge in [-0.25, -0.2) is 9.37 Å². The third-order valence-electron chi connectivity index (χ3n) is 3.28. The molecule has 0 amide bonds. The molecule has 0 atom stereocenters. The number of aromatic hydroxyl groups is 1. The van der Waals surface area contributed by atoms with E-state index in [0.29, 0.717) is 12.5 Å². The highest BCUT2D eigenvalue weighted by atomic mass is 127. The molecule has 8 heteroatoms. The number of rotatable bonds is 6. The molecule has 24 heavy (non-hydrogen) atoms. The van der Waals surface area contributed by atoms with Crippen LogP contribution in [0.2, 0.25) is 0 Å². The van der Waals surface area contributed by atoms with Crippen molar-refractivity contribution < 1.29 is 9.50 Å². The Hall–Kier alpha value is -1.42. The van der Waals surface area contributed by atoms with E-state index < -0.39 is 5.82 Å². The summed E-state index contributed by atoms with van der Waals surface area (Å²) in [6.07, 6.45) is 3.77. The maximum absolute atomic E-state index is 13.3. The summed E-state index contributed by atoms with van der Waals surface area (Å²) in [5, 5.41) is 16.6. The summed E-state index contributed by atoms with van der Waals surface area (Å²) >= 11 is 1.73. The fraction of sp³-hybridized carbons (Fsp3) is 0.375. The van der Waals surface area contributed by atoms with Gasteiger partial charge in [-0.2, -0.15) is 0 Å². The fourth-order valence-electron chi connectivity index (χ4n) is 1.98. The number of benzene rings is 1. The van der Waals surface area contributed by atoms with Gasteiger partial charge in [0.25, 0.3) is 0 Å². The van der Waals surface area contributed by atoms with Crippen LogP contribution in [-0.4, -0.2) is 29.6 Å². The lowest BCUT2D eigenvalue weighted by Gasteiger charge is -2.11. The van der Waals surface area contributed by atoms with Gasteiger partial charge in [-0.1, -0.05) is 13.0 Å². The Bertz CT molecular complexity index is 678. The van der Waals surface area contributed by atoms with Gasteiger partial charge < -0.3 is 15.7 Å². The fourth-order valence-corrected chi connectivity index (χ4v) is 2.84. The van der Waals surface area contributed by atoms with Crippen LogP contribution in [0.4, 0.5) is 4.39 Å². The highest BCUT2D eigenvalue weighted by Crippen LogP contribution is 2.16. The van der Waals surface area contributed by atoms with Crippen LogP contribution < -0.4 is 10.6 Å². The standard InChI is InChI=1S/C16H21FN4OS.HI/c1-3-12-10-20-15(23-12)6-7-19-16(18-2)21-9-11-4-5-14(22)13(17)8-11;/h4-5,8,10,22H,3,6-7,9H2,1-2H3,(H2,18,19,21);1H. The molecule has 0 saturated carbocycles. The third kappa shape index (κ3) is 6.23. The van der Waals surface area contributed by atoms with Crippen LogP contribution in [0.15, 0.2) is 29.4 Å². The van der Waals surface area contributed by atoms with Crippen LogP contribution in [-0.2, 0) is 19.4 Å². The van der Waals surface area contributed by atoms with Crippen molar-refractivity contribution in [2.75, 3.05) is 13.6 Å². The van der Waals surface area contributed by atoms with E-state index in [-0.39, 0.29) is 29.7 Å². The Labute approximate surface area is 162 Å². The third-order valence-corrected chi connectivity index (χ3v) is 4.48. The normalized spacial score (nSPS) is 11.0. The molecular formula is C16H22FIN4OS. The van der Waals surface area contributed by atoms with Crippen LogP contribution in [0.5, 0.6) is 5.75 Å². The lowest BCUT2D eigenvalue weighted by atomic mass is 10.2. The summed E-state index contributed by atoms with van der Waals surface area (Å²) in [5.41, 5.74) is 0.732. The summed E-state index contributed by atoms with van der Waals surface area (Å²) in [5.74, 6) is -0.320. The second-order valence-corrected chi connectivity index (χ2v) is 6.16. The minimum absolute atomic E-state index is 0. The van der Waals surface area contributed by atoms with Crippen LogP contribution in [0.25, 0.3) is 0 Å². The molecule has 2 rings (SSSR count). The summed E-state index contributed by atoms with van der Waals surface area (Å²) < 4.78 is 13.3. The molecule has 0 aliphatic rings. The summed E-state index contributed by atoms with van der Waals surface area (Å²) in [4.78, 5) is 9.79. The molecule has 0 radical (unpaired) electrons. The molecule has 0 aliphatic carbocycles. The van der Waals surface area contributed by atoms with Gasteiger partial charge in [-0.05, 0) is 24.1 Å². The predicted molar refractivity (Wildman–Crippen MR) is 107 cm³/mol. The minimum Gasteiger partial charge on any atom is -0.505 e. The highest BCUT2D eigenvalue weighted by Gasteiger charge is 2.04. The Morgan fingerprint density at radius 2 is 2.17 bits per heavy atom. The molecule has 0 aliphatic heterocycles. The van der Waals surface area contributed by atoms with E-state index in [1.807, 2.05) is 6.20 Å². The zero-order chi connectivity index (χ0) is 16.7. The highest BCUT2D eigenvalue weighted by molar-refractivity contribution is 14.0. The molecule has 0 fully saturated rings. The number of hydrogen-bond acceptors (Lipinski definition) is 4. The lowest BCUT2D eigenvalue weighted by molar-refractivity contribution is 0.431. The number of hydrogen-bond donors (Lipinski definition) is 3. The second kappa shape index (κ2) is 10.4. The first-order valence-corrected chi connectivity index (χ1v) is 8.29. The molecule has 1 aromatic heterocycles. The van der Waals surface area contributed by atoms with Crippen LogP contribution in [0, 0.1) is 5.82 Å². The second-order valence-electron chi connectivity index (χ2n) is 4.96. The molecule has 2 aromatic rings. The Kier molecular flexibility index (Phi) is 8.98. The number of guanidine groups is 1. The summed E-state index contributed by atoms with van der Waals surface area (Å²) in [6.45, 7) is 3.27. The molecule has 0 spiro atoms. The van der Waals surface area contributed by atoms with Gasteiger partial charge in [-0.15, -0.1) is 35.3 Å². The topological polar surface area (TPSA) is 69.5 Å². The summed E-state index contributed by atoms with van der Waals surface area (Å²) in [7, 11) is 1.69. The van der Waals surface area contributed by atoms with E-state index in [1.54, 1.807) is 24.5 Å². The number of nitrogens with zero attached hydrogens (tertiary/aromatic N) is 2. The van der Waals surface area contributed by atoms with Gasteiger partial charge in [0.1, 0.15) is 0 Å². The molecule has 3 N–H and O–H groups in total. The monoisotopic (exact) mass is 464 g/mol. The van der Waals surface area contributed by atoms with Crippen LogP contribution in [0.3, 0.4) is 0 Å². The minimum atomic E-state index is -0.622. The Morgan fingerprint density at radius 3 is 2.79 bits per heavy atom. The molecule has 5 nitrogen and oxygen atoms in total. The van der Waals surface area contributed by atoms with Crippen molar-refractivity contribution in [3.8, 4) is 5.75 Å². The number of aryl methyl sites for hydroxylation is 1. The van der Waals surface area contributed by atoms with Gasteiger partial charge in [0.05, 0.1) is 5.01 Å². The zero-order valence-electron chi connectivity index (χ0n) is 13.7. The number of phenolic OH excluding ortho intramolecular Hbond substituents is 1. The summed E-state index contributed by atoms with van der Waals surface area (Å²) in [6, 6.07) is 4.31. The van der Waals surface area contributed by atoms with Gasteiger partial charge >= 0.3 is 0 Å². The molecule has 1 heterocycles. The van der Waals surface area contributed by atoms with Crippen molar-refractivity contribution in [1.29, 1.82) is 0 Å². The molecule has 132 valence electrons.